The molecule has 0 aromatic heterocycles. The summed E-state index contributed by atoms with van der Waals surface area (Å²) in [4.78, 5) is 33.5. The van der Waals surface area contributed by atoms with Gasteiger partial charge < -0.3 is 15.2 Å². The Kier molecular flexibility index (Phi) is 19.7. The fourth-order valence-electron chi connectivity index (χ4n) is 3.12. The Morgan fingerprint density at radius 2 is 1.39 bits per heavy atom. The topological polar surface area (TPSA) is 92.7 Å². The maximum atomic E-state index is 11.8. The second-order valence-corrected chi connectivity index (χ2v) is 8.06. The number of ether oxygens (including phenoxy) is 1. The summed E-state index contributed by atoms with van der Waals surface area (Å²) < 4.78 is 4.97. The molecule has 0 spiro atoms. The first kappa shape index (κ1) is 28.9. The number of hydrogen-bond donors (Lipinski definition) is 2. The number of amides is 1. The highest BCUT2D eigenvalue weighted by Gasteiger charge is 2.09. The van der Waals surface area contributed by atoms with Crippen molar-refractivity contribution < 1.29 is 24.2 Å². The van der Waals surface area contributed by atoms with Crippen molar-refractivity contribution in [1.82, 2.24) is 5.32 Å². The molecule has 0 aliphatic heterocycles. The highest BCUT2D eigenvalue weighted by atomic mass is 16.5. The first-order valence-corrected chi connectivity index (χ1v) is 12.0. The second-order valence-electron chi connectivity index (χ2n) is 8.06. The van der Waals surface area contributed by atoms with Crippen molar-refractivity contribution in [3.05, 3.63) is 24.3 Å². The van der Waals surface area contributed by atoms with E-state index in [0.717, 1.165) is 37.8 Å². The zero-order valence-electron chi connectivity index (χ0n) is 19.6. The van der Waals surface area contributed by atoms with E-state index in [1.54, 1.807) is 6.92 Å². The predicted molar refractivity (Wildman–Crippen MR) is 125 cm³/mol. The minimum absolute atomic E-state index is 0.0541. The molecular weight excluding hydrogens is 394 g/mol. The quantitative estimate of drug-likeness (QED) is 0.110. The minimum atomic E-state index is -1.21. The summed E-state index contributed by atoms with van der Waals surface area (Å²) in [6.45, 7) is 4.11. The number of carbonyl (C=O) groups excluding carboxylic acids is 2. The maximum absolute atomic E-state index is 11.8. The van der Waals surface area contributed by atoms with E-state index in [0.29, 0.717) is 6.42 Å². The number of carboxylic acid groups (broad SMARTS) is 1. The number of carboxylic acids is 1. The van der Waals surface area contributed by atoms with Gasteiger partial charge in [0.2, 0.25) is 5.91 Å². The van der Waals surface area contributed by atoms with Crippen molar-refractivity contribution in [2.75, 3.05) is 6.54 Å². The van der Waals surface area contributed by atoms with Crippen LogP contribution in [0.25, 0.3) is 0 Å². The van der Waals surface area contributed by atoms with Crippen molar-refractivity contribution in [2.45, 2.75) is 110 Å². The third kappa shape index (κ3) is 22.4. The van der Waals surface area contributed by atoms with E-state index in [4.69, 9.17) is 9.84 Å². The summed E-state index contributed by atoms with van der Waals surface area (Å²) in [6.07, 6.45) is 22.1. The standard InChI is InChI=1S/C25H43NO5/c1-3-4-5-6-7-8-9-10-11-12-13-14-15-16-17-18-23(27)26-21-22(2)31-25(30)20-19-24(28)29/h10-11,19-20,22H,3-9,12-18,21H2,1-2H3,(H,26,27)(H,28,29). The van der Waals surface area contributed by atoms with E-state index in [-0.39, 0.29) is 12.5 Å². The summed E-state index contributed by atoms with van der Waals surface area (Å²) in [5.74, 6) is -2.00. The van der Waals surface area contributed by atoms with Crippen LogP contribution in [0.1, 0.15) is 104 Å². The molecule has 1 unspecified atom stereocenters. The molecule has 0 saturated heterocycles. The van der Waals surface area contributed by atoms with Crippen LogP contribution in [0.3, 0.4) is 0 Å². The third-order valence-electron chi connectivity index (χ3n) is 4.93. The predicted octanol–water partition coefficient (Wildman–Crippen LogP) is 5.71. The van der Waals surface area contributed by atoms with Gasteiger partial charge in [-0.1, -0.05) is 70.4 Å². The number of carbonyl (C=O) groups is 3. The van der Waals surface area contributed by atoms with Gasteiger partial charge >= 0.3 is 11.9 Å². The molecule has 0 aromatic rings. The largest absolute Gasteiger partial charge is 0.478 e. The van der Waals surface area contributed by atoms with Crippen LogP contribution in [-0.4, -0.2) is 35.6 Å². The molecule has 6 heteroatoms. The average Bonchev–Trinajstić information content (AvgIpc) is 2.73. The molecule has 178 valence electrons. The van der Waals surface area contributed by atoms with Crippen LogP contribution in [0, 0.1) is 0 Å². The Labute approximate surface area is 188 Å². The average molecular weight is 438 g/mol. The van der Waals surface area contributed by atoms with Gasteiger partial charge in [-0.25, -0.2) is 9.59 Å². The fraction of sp³-hybridized carbons (Fsp3) is 0.720. The van der Waals surface area contributed by atoms with E-state index in [2.05, 4.69) is 24.4 Å². The van der Waals surface area contributed by atoms with E-state index in [9.17, 15) is 14.4 Å². The number of esters is 1. The van der Waals surface area contributed by atoms with Gasteiger partial charge in [-0.05, 0) is 39.0 Å². The van der Waals surface area contributed by atoms with E-state index >= 15 is 0 Å². The lowest BCUT2D eigenvalue weighted by Gasteiger charge is -2.12. The van der Waals surface area contributed by atoms with Crippen LogP contribution >= 0.6 is 0 Å². The smallest absolute Gasteiger partial charge is 0.331 e. The molecule has 31 heavy (non-hydrogen) atoms. The van der Waals surface area contributed by atoms with Crippen LogP contribution in [0.4, 0.5) is 0 Å². The molecule has 0 radical (unpaired) electrons. The molecule has 0 aliphatic carbocycles. The van der Waals surface area contributed by atoms with Crippen LogP contribution in [0.5, 0.6) is 0 Å². The van der Waals surface area contributed by atoms with Gasteiger partial charge in [0.15, 0.2) is 0 Å². The van der Waals surface area contributed by atoms with Gasteiger partial charge in [-0.15, -0.1) is 0 Å². The molecular formula is C25H43NO5. The highest BCUT2D eigenvalue weighted by Crippen LogP contribution is 2.10. The van der Waals surface area contributed by atoms with Crippen LogP contribution in [-0.2, 0) is 19.1 Å². The van der Waals surface area contributed by atoms with Crippen molar-refractivity contribution in [1.29, 1.82) is 0 Å². The second kappa shape index (κ2) is 21.1. The number of rotatable bonds is 20. The molecule has 0 bridgehead atoms. The lowest BCUT2D eigenvalue weighted by atomic mass is 10.1. The summed E-state index contributed by atoms with van der Waals surface area (Å²) >= 11 is 0. The van der Waals surface area contributed by atoms with E-state index in [1.165, 1.54) is 57.8 Å². The van der Waals surface area contributed by atoms with E-state index < -0.39 is 18.0 Å². The van der Waals surface area contributed by atoms with Gasteiger partial charge in [0.05, 0.1) is 6.54 Å². The molecule has 0 heterocycles. The molecule has 0 fully saturated rings. The number of nitrogens with one attached hydrogen (secondary N) is 1. The SMILES string of the molecule is CCCCCCCCC=CCCCCCCCC(=O)NCC(C)OC(=O)C=CC(=O)O. The minimum Gasteiger partial charge on any atom is -0.478 e. The number of unbranched alkanes of at least 4 members (excludes halogenated alkanes) is 11. The lowest BCUT2D eigenvalue weighted by molar-refractivity contribution is -0.143. The van der Waals surface area contributed by atoms with Crippen molar-refractivity contribution >= 4 is 17.8 Å². The summed E-state index contributed by atoms with van der Waals surface area (Å²) in [5.41, 5.74) is 0. The van der Waals surface area contributed by atoms with Gasteiger partial charge in [0, 0.05) is 18.6 Å². The lowest BCUT2D eigenvalue weighted by Crippen LogP contribution is -2.32. The van der Waals surface area contributed by atoms with Gasteiger partial charge in [0.25, 0.3) is 0 Å². The molecule has 6 nitrogen and oxygen atoms in total. The number of aliphatic carboxylic acids is 1. The van der Waals surface area contributed by atoms with Gasteiger partial charge in [-0.2, -0.15) is 0 Å². The Balaban J connectivity index is 3.49. The Hall–Kier alpha value is -2.11. The maximum Gasteiger partial charge on any atom is 0.331 e. The Morgan fingerprint density at radius 3 is 1.97 bits per heavy atom. The molecule has 0 aromatic carbocycles. The summed E-state index contributed by atoms with van der Waals surface area (Å²) in [5, 5.41) is 11.2. The Bertz CT molecular complexity index is 542. The Morgan fingerprint density at radius 1 is 0.839 bits per heavy atom. The zero-order chi connectivity index (χ0) is 23.2. The molecule has 0 saturated carbocycles. The first-order valence-electron chi connectivity index (χ1n) is 12.0. The molecule has 1 atom stereocenters. The van der Waals surface area contributed by atoms with Gasteiger partial charge in [0.1, 0.15) is 6.10 Å². The van der Waals surface area contributed by atoms with Crippen LogP contribution < -0.4 is 5.32 Å². The highest BCUT2D eigenvalue weighted by molar-refractivity contribution is 5.90. The number of allylic oxidation sites excluding steroid dienone is 2. The monoisotopic (exact) mass is 437 g/mol. The third-order valence-corrected chi connectivity index (χ3v) is 4.93. The zero-order valence-corrected chi connectivity index (χ0v) is 19.6. The van der Waals surface area contributed by atoms with Crippen molar-refractivity contribution in [2.24, 2.45) is 0 Å². The van der Waals surface area contributed by atoms with E-state index in [1.807, 2.05) is 0 Å². The molecule has 0 rings (SSSR count). The molecule has 1 amide bonds. The fourth-order valence-corrected chi connectivity index (χ4v) is 3.12. The molecule has 0 aliphatic rings. The summed E-state index contributed by atoms with van der Waals surface area (Å²) in [6, 6.07) is 0. The molecule has 2 N–H and O–H groups in total. The van der Waals surface area contributed by atoms with Crippen molar-refractivity contribution in [3.8, 4) is 0 Å². The van der Waals surface area contributed by atoms with Crippen molar-refractivity contribution in [3.63, 3.8) is 0 Å². The first-order chi connectivity index (χ1) is 15.0. The number of hydrogen-bond acceptors (Lipinski definition) is 4. The van der Waals surface area contributed by atoms with Crippen LogP contribution in [0.15, 0.2) is 24.3 Å². The van der Waals surface area contributed by atoms with Crippen LogP contribution in [0.2, 0.25) is 0 Å². The van der Waals surface area contributed by atoms with Gasteiger partial charge in [-0.3, -0.25) is 4.79 Å². The summed E-state index contributed by atoms with van der Waals surface area (Å²) in [7, 11) is 0. The normalized spacial score (nSPS) is 12.3.